The van der Waals surface area contributed by atoms with Crippen molar-refractivity contribution in [3.05, 3.63) is 35.3 Å². The lowest BCUT2D eigenvalue weighted by Gasteiger charge is -2.32. The summed E-state index contributed by atoms with van der Waals surface area (Å²) >= 11 is 1.61. The minimum absolute atomic E-state index is 0.0476. The van der Waals surface area contributed by atoms with Crippen molar-refractivity contribution in [2.24, 2.45) is 0 Å². The highest BCUT2D eigenvalue weighted by Crippen LogP contribution is 2.24. The van der Waals surface area contributed by atoms with Crippen molar-refractivity contribution in [3.8, 4) is 5.75 Å². The number of aromatic nitrogens is 1. The van der Waals surface area contributed by atoms with Crippen LogP contribution < -0.4 is 14.4 Å². The number of hydrogen-bond acceptors (Lipinski definition) is 6. The van der Waals surface area contributed by atoms with Gasteiger partial charge in [-0.1, -0.05) is 0 Å². The van der Waals surface area contributed by atoms with Crippen molar-refractivity contribution in [1.29, 1.82) is 0 Å². The number of nitrogens with zero attached hydrogens (tertiary/aromatic N) is 2. The van der Waals surface area contributed by atoms with Gasteiger partial charge in [-0.25, -0.2) is 18.1 Å². The van der Waals surface area contributed by atoms with E-state index >= 15 is 0 Å². The molecule has 1 saturated heterocycles. The molecule has 0 amide bonds. The third-order valence-electron chi connectivity index (χ3n) is 4.18. The van der Waals surface area contributed by atoms with E-state index in [-0.39, 0.29) is 10.9 Å². The molecule has 0 unspecified atom stereocenters. The highest BCUT2D eigenvalue weighted by molar-refractivity contribution is 7.89. The number of aryl methyl sites for hydroxylation is 1. The van der Waals surface area contributed by atoms with Crippen LogP contribution in [0.25, 0.3) is 0 Å². The molecule has 2 heterocycles. The predicted octanol–water partition coefficient (Wildman–Crippen LogP) is 2.41. The van der Waals surface area contributed by atoms with Crippen LogP contribution in [0.3, 0.4) is 0 Å². The zero-order valence-electron chi connectivity index (χ0n) is 13.7. The topological polar surface area (TPSA) is 71.5 Å². The third kappa shape index (κ3) is 3.71. The van der Waals surface area contributed by atoms with Crippen molar-refractivity contribution < 1.29 is 13.2 Å². The van der Waals surface area contributed by atoms with Crippen molar-refractivity contribution >= 4 is 26.5 Å². The molecular weight excluding hydrogens is 346 g/mol. The van der Waals surface area contributed by atoms with E-state index in [0.717, 1.165) is 36.6 Å². The highest BCUT2D eigenvalue weighted by atomic mass is 32.2. The molecule has 1 aliphatic rings. The molecule has 8 heteroatoms. The normalized spacial score (nSPS) is 16.3. The zero-order chi connectivity index (χ0) is 17.2. The zero-order valence-corrected chi connectivity index (χ0v) is 15.4. The molecule has 0 atom stereocenters. The monoisotopic (exact) mass is 367 g/mol. The molecule has 1 aromatic carbocycles. The predicted molar refractivity (Wildman–Crippen MR) is 95.4 cm³/mol. The van der Waals surface area contributed by atoms with E-state index in [1.807, 2.05) is 12.3 Å². The van der Waals surface area contributed by atoms with Gasteiger partial charge >= 0.3 is 0 Å². The molecule has 0 spiro atoms. The maximum Gasteiger partial charge on any atom is 0.240 e. The Morgan fingerprint density at radius 1 is 1.33 bits per heavy atom. The molecule has 0 saturated carbocycles. The van der Waals surface area contributed by atoms with Gasteiger partial charge in [0, 0.05) is 30.7 Å². The van der Waals surface area contributed by atoms with Crippen LogP contribution in [-0.2, 0) is 10.0 Å². The lowest BCUT2D eigenvalue weighted by molar-refractivity contribution is 0.411. The van der Waals surface area contributed by atoms with Crippen molar-refractivity contribution in [1.82, 2.24) is 9.71 Å². The Kier molecular flexibility index (Phi) is 5.07. The lowest BCUT2D eigenvalue weighted by Crippen LogP contribution is -2.44. The van der Waals surface area contributed by atoms with Gasteiger partial charge < -0.3 is 9.64 Å². The van der Waals surface area contributed by atoms with E-state index in [4.69, 9.17) is 4.74 Å². The Morgan fingerprint density at radius 2 is 2.08 bits per heavy atom. The summed E-state index contributed by atoms with van der Waals surface area (Å²) in [7, 11) is -1.94. The van der Waals surface area contributed by atoms with E-state index in [2.05, 4.69) is 14.6 Å². The van der Waals surface area contributed by atoms with Gasteiger partial charge in [-0.2, -0.15) is 0 Å². The van der Waals surface area contributed by atoms with Crippen molar-refractivity contribution in [2.75, 3.05) is 25.1 Å². The summed E-state index contributed by atoms with van der Waals surface area (Å²) in [5.74, 6) is 0.686. The first-order valence-electron chi connectivity index (χ1n) is 7.81. The fourth-order valence-electron chi connectivity index (χ4n) is 2.87. The molecule has 24 heavy (non-hydrogen) atoms. The molecule has 1 aromatic heterocycles. The van der Waals surface area contributed by atoms with Crippen LogP contribution in [0.4, 0.5) is 5.13 Å². The van der Waals surface area contributed by atoms with Crippen LogP contribution >= 0.6 is 11.3 Å². The summed E-state index contributed by atoms with van der Waals surface area (Å²) in [6.07, 6.45) is 3.34. The first kappa shape index (κ1) is 17.2. The van der Waals surface area contributed by atoms with Gasteiger partial charge in [0.2, 0.25) is 10.0 Å². The SMILES string of the molecule is COc1ccc(S(=O)(=O)NC2CCN(c3nccs3)CC2)cc1C. The maximum atomic E-state index is 12.6. The van der Waals surface area contributed by atoms with Crippen LogP contribution in [-0.4, -0.2) is 39.6 Å². The number of sulfonamides is 1. The summed E-state index contributed by atoms with van der Waals surface area (Å²) in [6.45, 7) is 3.45. The van der Waals surface area contributed by atoms with Crippen LogP contribution in [0.15, 0.2) is 34.7 Å². The number of thiazole rings is 1. The van der Waals surface area contributed by atoms with Gasteiger partial charge in [-0.15, -0.1) is 11.3 Å². The van der Waals surface area contributed by atoms with Crippen LogP contribution in [0.1, 0.15) is 18.4 Å². The van der Waals surface area contributed by atoms with Crippen molar-refractivity contribution in [2.45, 2.75) is 30.7 Å². The molecule has 1 fully saturated rings. The second-order valence-corrected chi connectivity index (χ2v) is 8.42. The van der Waals surface area contributed by atoms with E-state index in [9.17, 15) is 8.42 Å². The molecule has 1 N–H and O–H groups in total. The lowest BCUT2D eigenvalue weighted by atomic mass is 10.1. The summed E-state index contributed by atoms with van der Waals surface area (Å²) < 4.78 is 33.2. The molecule has 6 nitrogen and oxygen atoms in total. The number of anilines is 1. The first-order chi connectivity index (χ1) is 11.5. The number of piperidine rings is 1. The Hall–Kier alpha value is -1.64. The molecule has 0 radical (unpaired) electrons. The quantitative estimate of drug-likeness (QED) is 0.879. The minimum Gasteiger partial charge on any atom is -0.496 e. The van der Waals surface area contributed by atoms with Gasteiger partial charge in [0.1, 0.15) is 5.75 Å². The second kappa shape index (κ2) is 7.08. The summed E-state index contributed by atoms with van der Waals surface area (Å²) in [4.78, 5) is 6.79. The first-order valence-corrected chi connectivity index (χ1v) is 10.2. The molecule has 2 aromatic rings. The largest absolute Gasteiger partial charge is 0.496 e. The average Bonchev–Trinajstić information content (AvgIpc) is 3.09. The average molecular weight is 367 g/mol. The Balaban J connectivity index is 1.64. The Labute approximate surface area is 146 Å². The van der Waals surface area contributed by atoms with E-state index < -0.39 is 10.0 Å². The smallest absolute Gasteiger partial charge is 0.240 e. The molecule has 0 aliphatic carbocycles. The standard InChI is InChI=1S/C16H21N3O3S2/c1-12-11-14(3-4-15(12)22-2)24(20,21)18-13-5-8-19(9-6-13)16-17-7-10-23-16/h3-4,7,10-11,13,18H,5-6,8-9H2,1-2H3. The van der Waals surface area contributed by atoms with Crippen LogP contribution in [0.2, 0.25) is 0 Å². The molecule has 0 bridgehead atoms. The van der Waals surface area contributed by atoms with Crippen LogP contribution in [0, 0.1) is 6.92 Å². The van der Waals surface area contributed by atoms with Crippen LogP contribution in [0.5, 0.6) is 5.75 Å². The summed E-state index contributed by atoms with van der Waals surface area (Å²) in [5.41, 5.74) is 0.805. The van der Waals surface area contributed by atoms with Gasteiger partial charge in [-0.3, -0.25) is 0 Å². The number of benzene rings is 1. The summed E-state index contributed by atoms with van der Waals surface area (Å²) in [6, 6.07) is 4.87. The van der Waals surface area contributed by atoms with Gasteiger partial charge in [0.05, 0.1) is 12.0 Å². The minimum atomic E-state index is -3.52. The van der Waals surface area contributed by atoms with E-state index in [1.165, 1.54) is 0 Å². The number of nitrogens with one attached hydrogen (secondary N) is 1. The fourth-order valence-corrected chi connectivity index (χ4v) is 4.95. The van der Waals surface area contributed by atoms with Gasteiger partial charge in [0.15, 0.2) is 5.13 Å². The molecule has 130 valence electrons. The van der Waals surface area contributed by atoms with Gasteiger partial charge in [-0.05, 0) is 43.5 Å². The number of ether oxygens (including phenoxy) is 1. The molecular formula is C16H21N3O3S2. The molecule has 1 aliphatic heterocycles. The third-order valence-corrected chi connectivity index (χ3v) is 6.53. The summed E-state index contributed by atoms with van der Waals surface area (Å²) in [5, 5.41) is 2.96. The maximum absolute atomic E-state index is 12.6. The number of rotatable bonds is 5. The van der Waals surface area contributed by atoms with Crippen molar-refractivity contribution in [3.63, 3.8) is 0 Å². The van der Waals surface area contributed by atoms with E-state index in [1.54, 1.807) is 42.8 Å². The van der Waals surface area contributed by atoms with Gasteiger partial charge in [0.25, 0.3) is 0 Å². The highest BCUT2D eigenvalue weighted by Gasteiger charge is 2.25. The number of hydrogen-bond donors (Lipinski definition) is 1. The molecule has 3 rings (SSSR count). The fraction of sp³-hybridized carbons (Fsp3) is 0.438. The van der Waals surface area contributed by atoms with E-state index in [0.29, 0.717) is 5.75 Å². The number of methoxy groups -OCH3 is 1. The Morgan fingerprint density at radius 3 is 2.67 bits per heavy atom. The second-order valence-electron chi connectivity index (χ2n) is 5.83. The Bertz CT molecular complexity index is 783.